The van der Waals surface area contributed by atoms with Crippen LogP contribution < -0.4 is 0 Å². The number of rotatable bonds is 14. The fraction of sp³-hybridized carbons (Fsp3) is 0.929. The van der Waals surface area contributed by atoms with Crippen molar-refractivity contribution >= 4 is 11.9 Å². The maximum absolute atomic E-state index is 12.3. The summed E-state index contributed by atoms with van der Waals surface area (Å²) < 4.78 is 11.4. The number of ether oxygens (including phenoxy) is 2. The molecule has 1 unspecified atom stereocenters. The molecular formula is C28H54N2O4. The Morgan fingerprint density at radius 1 is 0.912 bits per heavy atom. The smallest absolute Gasteiger partial charge is 0.306 e. The largest absolute Gasteiger partial charge is 0.463 e. The number of carbonyl (C=O) groups excluding carboxylic acids is 2. The van der Waals surface area contributed by atoms with Crippen molar-refractivity contribution in [3.8, 4) is 0 Å². The maximum atomic E-state index is 12.3. The van der Waals surface area contributed by atoms with Gasteiger partial charge in [0.05, 0.1) is 0 Å². The number of esters is 2. The Labute approximate surface area is 210 Å². The number of piperidine rings is 1. The van der Waals surface area contributed by atoms with Crippen LogP contribution in [-0.2, 0) is 19.1 Å². The molecule has 0 saturated carbocycles. The van der Waals surface area contributed by atoms with Crippen LogP contribution in [0, 0.1) is 0 Å². The van der Waals surface area contributed by atoms with Crippen molar-refractivity contribution in [1.29, 1.82) is 0 Å². The Balaban J connectivity index is 2.12. The van der Waals surface area contributed by atoms with Crippen molar-refractivity contribution in [2.24, 2.45) is 0 Å². The van der Waals surface area contributed by atoms with Crippen LogP contribution in [0.1, 0.15) is 119 Å². The van der Waals surface area contributed by atoms with Crippen LogP contribution in [0.5, 0.6) is 0 Å². The van der Waals surface area contributed by atoms with E-state index in [1.807, 2.05) is 21.0 Å². The first kappa shape index (κ1) is 30.9. The monoisotopic (exact) mass is 482 g/mol. The fourth-order valence-electron chi connectivity index (χ4n) is 5.06. The van der Waals surface area contributed by atoms with Gasteiger partial charge in [-0.2, -0.15) is 0 Å². The molecular weight excluding hydrogens is 428 g/mol. The summed E-state index contributed by atoms with van der Waals surface area (Å²) in [4.78, 5) is 29.0. The number of carbonyl (C=O) groups is 2. The summed E-state index contributed by atoms with van der Waals surface area (Å²) >= 11 is 0. The Kier molecular flexibility index (Phi) is 12.0. The quantitative estimate of drug-likeness (QED) is 0.225. The lowest BCUT2D eigenvalue weighted by atomic mass is 9.79. The highest BCUT2D eigenvalue weighted by Crippen LogP contribution is 2.38. The summed E-state index contributed by atoms with van der Waals surface area (Å²) in [6.07, 6.45) is 9.47. The van der Waals surface area contributed by atoms with E-state index in [1.165, 1.54) is 0 Å². The summed E-state index contributed by atoms with van der Waals surface area (Å²) in [6, 6.07) is 0. The van der Waals surface area contributed by atoms with Crippen molar-refractivity contribution in [2.75, 3.05) is 21.1 Å². The molecule has 1 rings (SSSR count). The zero-order chi connectivity index (χ0) is 26.2. The third-order valence-electron chi connectivity index (χ3n) is 7.91. The minimum absolute atomic E-state index is 0.00475. The molecule has 1 aliphatic heterocycles. The molecule has 0 radical (unpaired) electrons. The highest BCUT2D eigenvalue weighted by atomic mass is 16.5. The molecule has 0 spiro atoms. The van der Waals surface area contributed by atoms with Crippen LogP contribution in [0.25, 0.3) is 0 Å². The van der Waals surface area contributed by atoms with E-state index in [4.69, 9.17) is 9.47 Å². The van der Waals surface area contributed by atoms with E-state index in [0.29, 0.717) is 12.8 Å². The van der Waals surface area contributed by atoms with E-state index in [2.05, 4.69) is 58.4 Å². The lowest BCUT2D eigenvalue weighted by Gasteiger charge is -2.53. The first-order valence-corrected chi connectivity index (χ1v) is 13.4. The average molecular weight is 483 g/mol. The summed E-state index contributed by atoms with van der Waals surface area (Å²) in [5.41, 5.74) is 0.0619. The van der Waals surface area contributed by atoms with E-state index >= 15 is 0 Å². The molecule has 0 bridgehead atoms. The molecule has 1 aliphatic rings. The summed E-state index contributed by atoms with van der Waals surface area (Å²) in [5, 5.41) is 0. The van der Waals surface area contributed by atoms with E-state index in [9.17, 15) is 9.59 Å². The minimum atomic E-state index is -0.0925. The molecule has 0 aliphatic carbocycles. The standard InChI is InChI=1S/C28H54N2O4/c1-22(19-26(2,3)29(8)9)33-24(31)17-15-13-11-12-14-16-18-25(32)34-23-20-27(4,5)30(10)28(6,7)21-23/h22-23H,11-21H2,1-10H3. The topological polar surface area (TPSA) is 59.1 Å². The molecule has 6 heteroatoms. The number of hydrogen-bond acceptors (Lipinski definition) is 6. The average Bonchev–Trinajstić information content (AvgIpc) is 2.66. The molecule has 34 heavy (non-hydrogen) atoms. The van der Waals surface area contributed by atoms with Crippen molar-refractivity contribution in [3.05, 3.63) is 0 Å². The first-order chi connectivity index (χ1) is 15.6. The van der Waals surface area contributed by atoms with Crippen molar-refractivity contribution in [2.45, 2.75) is 148 Å². The highest BCUT2D eigenvalue weighted by Gasteiger charge is 2.44. The van der Waals surface area contributed by atoms with Crippen LogP contribution in [0.3, 0.4) is 0 Å². The van der Waals surface area contributed by atoms with E-state index < -0.39 is 0 Å². The molecule has 200 valence electrons. The number of nitrogens with zero attached hydrogens (tertiary/aromatic N) is 2. The van der Waals surface area contributed by atoms with Gasteiger partial charge in [0.25, 0.3) is 0 Å². The van der Waals surface area contributed by atoms with Gasteiger partial charge in [-0.25, -0.2) is 0 Å². The Morgan fingerprint density at radius 2 is 1.35 bits per heavy atom. The molecule has 0 aromatic rings. The number of unbranched alkanes of at least 4 members (excludes halogenated alkanes) is 5. The van der Waals surface area contributed by atoms with Gasteiger partial charge < -0.3 is 14.4 Å². The Bertz CT molecular complexity index is 624. The molecule has 6 nitrogen and oxygen atoms in total. The van der Waals surface area contributed by atoms with Gasteiger partial charge in [-0.05, 0) is 82.5 Å². The predicted molar refractivity (Wildman–Crippen MR) is 140 cm³/mol. The van der Waals surface area contributed by atoms with Gasteiger partial charge in [-0.1, -0.05) is 25.7 Å². The van der Waals surface area contributed by atoms with Crippen molar-refractivity contribution < 1.29 is 19.1 Å². The summed E-state index contributed by atoms with van der Waals surface area (Å²) in [7, 11) is 6.26. The zero-order valence-electron chi connectivity index (χ0n) is 24.0. The van der Waals surface area contributed by atoms with Crippen LogP contribution in [0.2, 0.25) is 0 Å². The van der Waals surface area contributed by atoms with Gasteiger partial charge in [-0.15, -0.1) is 0 Å². The molecule has 1 atom stereocenters. The lowest BCUT2D eigenvalue weighted by molar-refractivity contribution is -0.159. The molecule has 0 amide bonds. The van der Waals surface area contributed by atoms with Gasteiger partial charge in [0.2, 0.25) is 0 Å². The number of hydrogen-bond donors (Lipinski definition) is 0. The first-order valence-electron chi connectivity index (χ1n) is 13.4. The SMILES string of the molecule is CC(CC(C)(C)N(C)C)OC(=O)CCCCCCCCC(=O)OC1CC(C)(C)N(C)C(C)(C)C1. The summed E-state index contributed by atoms with van der Waals surface area (Å²) in [6.45, 7) is 15.2. The second-order valence-electron chi connectivity index (χ2n) is 12.5. The van der Waals surface area contributed by atoms with Crippen LogP contribution in [0.15, 0.2) is 0 Å². The summed E-state index contributed by atoms with van der Waals surface area (Å²) in [5.74, 6) is -0.152. The van der Waals surface area contributed by atoms with Crippen LogP contribution in [-0.4, -0.2) is 71.7 Å². The lowest BCUT2D eigenvalue weighted by Crippen LogP contribution is -2.60. The normalized spacial score (nSPS) is 19.7. The van der Waals surface area contributed by atoms with E-state index in [1.54, 1.807) is 0 Å². The van der Waals surface area contributed by atoms with Crippen LogP contribution >= 0.6 is 0 Å². The van der Waals surface area contributed by atoms with E-state index in [0.717, 1.165) is 57.8 Å². The van der Waals surface area contributed by atoms with Gasteiger partial charge in [0, 0.05) is 48.7 Å². The van der Waals surface area contributed by atoms with E-state index in [-0.39, 0.29) is 40.8 Å². The van der Waals surface area contributed by atoms with Gasteiger partial charge in [0.1, 0.15) is 12.2 Å². The zero-order valence-corrected chi connectivity index (χ0v) is 24.0. The predicted octanol–water partition coefficient (Wildman–Crippen LogP) is 5.96. The second-order valence-corrected chi connectivity index (χ2v) is 12.5. The van der Waals surface area contributed by atoms with Crippen LogP contribution in [0.4, 0.5) is 0 Å². The molecule has 1 saturated heterocycles. The third kappa shape index (κ3) is 10.6. The molecule has 0 N–H and O–H groups in total. The molecule has 0 aromatic heterocycles. The second kappa shape index (κ2) is 13.2. The maximum Gasteiger partial charge on any atom is 0.306 e. The van der Waals surface area contributed by atoms with Gasteiger partial charge >= 0.3 is 11.9 Å². The third-order valence-corrected chi connectivity index (χ3v) is 7.91. The minimum Gasteiger partial charge on any atom is -0.463 e. The fourth-order valence-corrected chi connectivity index (χ4v) is 5.06. The Hall–Kier alpha value is -1.14. The Morgan fingerprint density at radius 3 is 1.82 bits per heavy atom. The highest BCUT2D eigenvalue weighted by molar-refractivity contribution is 5.69. The van der Waals surface area contributed by atoms with Gasteiger partial charge in [-0.3, -0.25) is 14.5 Å². The molecule has 1 fully saturated rings. The number of likely N-dealkylation sites (tertiary alicyclic amines) is 1. The van der Waals surface area contributed by atoms with Crippen molar-refractivity contribution in [3.63, 3.8) is 0 Å². The van der Waals surface area contributed by atoms with Crippen molar-refractivity contribution in [1.82, 2.24) is 9.80 Å². The van der Waals surface area contributed by atoms with Gasteiger partial charge in [0.15, 0.2) is 0 Å². The molecule has 1 heterocycles. The molecule has 0 aromatic carbocycles.